The monoisotopic (exact) mass is 324 g/mol. The fourth-order valence-electron chi connectivity index (χ4n) is 4.36. The maximum absolute atomic E-state index is 12.4. The molecule has 1 aromatic heterocycles. The van der Waals surface area contributed by atoms with Crippen molar-refractivity contribution in [3.63, 3.8) is 0 Å². The molecule has 2 atom stereocenters. The number of rotatable bonds is 2. The van der Waals surface area contributed by atoms with E-state index in [1.807, 2.05) is 31.2 Å². The molecule has 1 aromatic carbocycles. The Kier molecular flexibility index (Phi) is 4.13. The van der Waals surface area contributed by atoms with E-state index in [2.05, 4.69) is 10.5 Å². The summed E-state index contributed by atoms with van der Waals surface area (Å²) >= 11 is 0. The Labute approximate surface area is 142 Å². The first-order valence-corrected chi connectivity index (χ1v) is 9.06. The molecular weight excluding hydrogens is 300 g/mol. The molecule has 4 heteroatoms. The molecule has 2 fully saturated rings. The zero-order valence-corrected chi connectivity index (χ0v) is 14.2. The van der Waals surface area contributed by atoms with Gasteiger partial charge < -0.3 is 4.42 Å². The summed E-state index contributed by atoms with van der Waals surface area (Å²) in [6.45, 7) is 1.92. The summed E-state index contributed by atoms with van der Waals surface area (Å²) in [5.41, 5.74) is 5.48. The van der Waals surface area contributed by atoms with Gasteiger partial charge in [0.2, 0.25) is 0 Å². The second kappa shape index (κ2) is 6.42. The van der Waals surface area contributed by atoms with Gasteiger partial charge in [-0.3, -0.25) is 4.79 Å². The van der Waals surface area contributed by atoms with E-state index in [1.54, 1.807) is 0 Å². The topological polar surface area (TPSA) is 54.6 Å². The third-order valence-corrected chi connectivity index (χ3v) is 5.73. The molecule has 24 heavy (non-hydrogen) atoms. The first-order chi connectivity index (χ1) is 11.7. The largest absolute Gasteiger partial charge is 0.451 e. The number of furan rings is 1. The molecule has 2 aromatic rings. The highest BCUT2D eigenvalue weighted by Gasteiger charge is 2.30. The van der Waals surface area contributed by atoms with Gasteiger partial charge in [-0.15, -0.1) is 0 Å². The number of carbonyl (C=O) groups excluding carboxylic acids is 1. The molecule has 1 N–H and O–H groups in total. The van der Waals surface area contributed by atoms with Crippen LogP contribution in [0.1, 0.15) is 61.1 Å². The Balaban J connectivity index is 1.46. The van der Waals surface area contributed by atoms with Crippen molar-refractivity contribution in [2.24, 2.45) is 16.9 Å². The standard InChI is InChI=1S/C20H24N2O2/c1-13-17-8-4-5-9-18(17)24-19(13)20(23)22-21-16-11-10-14-6-2-3-7-15(14)12-16/h4-5,8-9,14-15H,2-3,6-7,10-12H2,1H3,(H,22,23)/b21-16+/t14-,15+/m0/s1. The van der Waals surface area contributed by atoms with E-state index < -0.39 is 0 Å². The van der Waals surface area contributed by atoms with Gasteiger partial charge in [-0.2, -0.15) is 5.10 Å². The summed E-state index contributed by atoms with van der Waals surface area (Å²) in [4.78, 5) is 12.4. The Bertz CT molecular complexity index is 790. The van der Waals surface area contributed by atoms with Crippen LogP contribution in [0, 0.1) is 18.8 Å². The lowest BCUT2D eigenvalue weighted by Gasteiger charge is -2.35. The zero-order valence-electron chi connectivity index (χ0n) is 14.2. The van der Waals surface area contributed by atoms with Crippen LogP contribution in [0.2, 0.25) is 0 Å². The van der Waals surface area contributed by atoms with Gasteiger partial charge in [-0.25, -0.2) is 5.43 Å². The Morgan fingerprint density at radius 1 is 1.17 bits per heavy atom. The average Bonchev–Trinajstić information content (AvgIpc) is 2.97. The molecule has 0 unspecified atom stereocenters. The zero-order chi connectivity index (χ0) is 16.5. The number of carbonyl (C=O) groups is 1. The van der Waals surface area contributed by atoms with Crippen LogP contribution < -0.4 is 5.43 Å². The number of nitrogens with zero attached hydrogens (tertiary/aromatic N) is 1. The van der Waals surface area contributed by atoms with Crippen molar-refractivity contribution in [3.8, 4) is 0 Å². The lowest BCUT2D eigenvalue weighted by atomic mass is 9.70. The van der Waals surface area contributed by atoms with Crippen molar-refractivity contribution >= 4 is 22.6 Å². The fourth-order valence-corrected chi connectivity index (χ4v) is 4.36. The first-order valence-electron chi connectivity index (χ1n) is 9.06. The van der Waals surface area contributed by atoms with E-state index in [-0.39, 0.29) is 5.91 Å². The SMILES string of the molecule is Cc1c(C(=O)N/N=C2\CC[C@@H]3CCCC[C@@H]3C2)oc2ccccc12. The van der Waals surface area contributed by atoms with E-state index in [0.29, 0.717) is 5.76 Å². The maximum atomic E-state index is 12.4. The van der Waals surface area contributed by atoms with Gasteiger partial charge in [0.25, 0.3) is 0 Å². The van der Waals surface area contributed by atoms with Gasteiger partial charge in [-0.05, 0) is 50.5 Å². The molecule has 4 rings (SSSR count). The first kappa shape index (κ1) is 15.4. The third-order valence-electron chi connectivity index (χ3n) is 5.73. The van der Waals surface area contributed by atoms with Gasteiger partial charge in [0.15, 0.2) is 5.76 Å². The van der Waals surface area contributed by atoms with E-state index in [4.69, 9.17) is 4.42 Å². The van der Waals surface area contributed by atoms with Crippen LogP contribution >= 0.6 is 0 Å². The number of hydrogen-bond donors (Lipinski definition) is 1. The van der Waals surface area contributed by atoms with Crippen LogP contribution in [0.25, 0.3) is 11.0 Å². The summed E-state index contributed by atoms with van der Waals surface area (Å²) < 4.78 is 5.71. The predicted molar refractivity (Wildman–Crippen MR) is 95.2 cm³/mol. The lowest BCUT2D eigenvalue weighted by molar-refractivity contribution is 0.0927. The van der Waals surface area contributed by atoms with Crippen LogP contribution in [0.4, 0.5) is 0 Å². The van der Waals surface area contributed by atoms with Crippen molar-refractivity contribution in [1.29, 1.82) is 0 Å². The van der Waals surface area contributed by atoms with E-state index in [9.17, 15) is 4.79 Å². The van der Waals surface area contributed by atoms with Gasteiger partial charge in [-0.1, -0.05) is 37.5 Å². The highest BCUT2D eigenvalue weighted by molar-refractivity contribution is 5.99. The number of para-hydroxylation sites is 1. The second-order valence-corrected chi connectivity index (χ2v) is 7.22. The van der Waals surface area contributed by atoms with Crippen molar-refractivity contribution in [2.45, 2.75) is 51.9 Å². The van der Waals surface area contributed by atoms with Crippen LogP contribution in [-0.4, -0.2) is 11.6 Å². The molecule has 1 heterocycles. The molecule has 126 valence electrons. The van der Waals surface area contributed by atoms with Crippen molar-refractivity contribution in [1.82, 2.24) is 5.43 Å². The predicted octanol–water partition coefficient (Wildman–Crippen LogP) is 4.82. The summed E-state index contributed by atoms with van der Waals surface area (Å²) in [7, 11) is 0. The number of nitrogens with one attached hydrogen (secondary N) is 1. The van der Waals surface area contributed by atoms with Crippen LogP contribution in [-0.2, 0) is 0 Å². The Morgan fingerprint density at radius 2 is 1.96 bits per heavy atom. The molecule has 2 aliphatic rings. The van der Waals surface area contributed by atoms with Crippen LogP contribution in [0.5, 0.6) is 0 Å². The lowest BCUT2D eigenvalue weighted by Crippen LogP contribution is -2.29. The van der Waals surface area contributed by atoms with Gasteiger partial charge in [0.05, 0.1) is 0 Å². The summed E-state index contributed by atoms with van der Waals surface area (Å²) in [5, 5.41) is 5.40. The fraction of sp³-hybridized carbons (Fsp3) is 0.500. The minimum Gasteiger partial charge on any atom is -0.451 e. The molecule has 0 aliphatic heterocycles. The molecule has 1 amide bonds. The Morgan fingerprint density at radius 3 is 2.79 bits per heavy atom. The van der Waals surface area contributed by atoms with E-state index >= 15 is 0 Å². The van der Waals surface area contributed by atoms with Crippen molar-refractivity contribution < 1.29 is 9.21 Å². The van der Waals surface area contributed by atoms with Gasteiger partial charge in [0.1, 0.15) is 5.58 Å². The Hall–Kier alpha value is -2.10. The van der Waals surface area contributed by atoms with Crippen LogP contribution in [0.3, 0.4) is 0 Å². The van der Waals surface area contributed by atoms with E-state index in [0.717, 1.165) is 46.9 Å². The quantitative estimate of drug-likeness (QED) is 0.805. The number of aryl methyl sites for hydroxylation is 1. The average molecular weight is 324 g/mol. The number of hydrazone groups is 1. The summed E-state index contributed by atoms with van der Waals surface area (Å²) in [6.07, 6.45) is 8.71. The third kappa shape index (κ3) is 2.85. The summed E-state index contributed by atoms with van der Waals surface area (Å²) in [6, 6.07) is 7.72. The van der Waals surface area contributed by atoms with Crippen LogP contribution in [0.15, 0.2) is 33.8 Å². The number of fused-ring (bicyclic) bond motifs is 2. The second-order valence-electron chi connectivity index (χ2n) is 7.22. The van der Waals surface area contributed by atoms with E-state index in [1.165, 1.54) is 32.1 Å². The van der Waals surface area contributed by atoms with Gasteiger partial charge >= 0.3 is 5.91 Å². The molecule has 0 saturated heterocycles. The molecule has 0 spiro atoms. The van der Waals surface area contributed by atoms with Crippen molar-refractivity contribution in [2.75, 3.05) is 0 Å². The number of benzene rings is 1. The maximum Gasteiger partial charge on any atom is 0.307 e. The minimum atomic E-state index is -0.248. The number of hydrogen-bond acceptors (Lipinski definition) is 3. The smallest absolute Gasteiger partial charge is 0.307 e. The normalized spacial score (nSPS) is 25.6. The molecule has 4 nitrogen and oxygen atoms in total. The summed E-state index contributed by atoms with van der Waals surface area (Å²) in [5.74, 6) is 1.77. The molecule has 0 bridgehead atoms. The highest BCUT2D eigenvalue weighted by Crippen LogP contribution is 2.39. The minimum absolute atomic E-state index is 0.248. The molecule has 2 aliphatic carbocycles. The van der Waals surface area contributed by atoms with Gasteiger partial charge in [0, 0.05) is 16.7 Å². The number of amides is 1. The van der Waals surface area contributed by atoms with Crippen molar-refractivity contribution in [3.05, 3.63) is 35.6 Å². The molecule has 2 saturated carbocycles. The highest BCUT2D eigenvalue weighted by atomic mass is 16.3. The molecular formula is C20H24N2O2. The molecule has 0 radical (unpaired) electrons.